The number of non-ortho nitro benzene ring substituents is 1. The fraction of sp³-hybridized carbons (Fsp3) is 0.0588. The molecule has 0 N–H and O–H groups in total. The Bertz CT molecular complexity index is 1030. The highest BCUT2D eigenvalue weighted by atomic mass is 79.9. The number of nitrogens with zero attached hydrogens (tertiary/aromatic N) is 3. The van der Waals surface area contributed by atoms with Gasteiger partial charge >= 0.3 is 0 Å². The van der Waals surface area contributed by atoms with E-state index in [0.29, 0.717) is 0 Å². The highest BCUT2D eigenvalue weighted by Gasteiger charge is 2.12. The predicted octanol–water partition coefficient (Wildman–Crippen LogP) is 4.58. The van der Waals surface area contributed by atoms with E-state index in [4.69, 9.17) is 0 Å². The molecule has 4 aromatic rings. The van der Waals surface area contributed by atoms with Crippen LogP contribution >= 0.6 is 17.0 Å². The SMILES string of the molecule is Br.Cn1c2ccccc2n2cc(-c3cccc([N+](=O)[O-])c3)cc12. The van der Waals surface area contributed by atoms with Crippen molar-refractivity contribution in [1.82, 2.24) is 8.97 Å². The van der Waals surface area contributed by atoms with E-state index in [-0.39, 0.29) is 27.6 Å². The van der Waals surface area contributed by atoms with E-state index in [9.17, 15) is 10.1 Å². The normalized spacial score (nSPS) is 10.8. The number of aromatic nitrogens is 2. The minimum atomic E-state index is -0.366. The van der Waals surface area contributed by atoms with Crippen molar-refractivity contribution in [1.29, 1.82) is 0 Å². The van der Waals surface area contributed by atoms with Gasteiger partial charge < -0.3 is 8.97 Å². The molecule has 0 atom stereocenters. The van der Waals surface area contributed by atoms with Crippen molar-refractivity contribution >= 4 is 39.3 Å². The van der Waals surface area contributed by atoms with Gasteiger partial charge in [0.25, 0.3) is 5.69 Å². The van der Waals surface area contributed by atoms with Crippen LogP contribution in [-0.2, 0) is 7.05 Å². The second-order valence-corrected chi connectivity index (χ2v) is 5.31. The van der Waals surface area contributed by atoms with Crippen LogP contribution < -0.4 is 0 Å². The molecule has 0 aliphatic heterocycles. The molecule has 0 unspecified atom stereocenters. The van der Waals surface area contributed by atoms with Crippen molar-refractivity contribution in [2.24, 2.45) is 7.05 Å². The van der Waals surface area contributed by atoms with E-state index >= 15 is 0 Å². The van der Waals surface area contributed by atoms with Gasteiger partial charge in [-0.15, -0.1) is 17.0 Å². The smallest absolute Gasteiger partial charge is 0.270 e. The van der Waals surface area contributed by atoms with Crippen molar-refractivity contribution in [3.8, 4) is 11.1 Å². The van der Waals surface area contributed by atoms with Gasteiger partial charge in [-0.05, 0) is 23.8 Å². The lowest BCUT2D eigenvalue weighted by atomic mass is 10.1. The van der Waals surface area contributed by atoms with Crippen LogP contribution in [0.25, 0.3) is 27.8 Å². The van der Waals surface area contributed by atoms with Gasteiger partial charge in [0.2, 0.25) is 0 Å². The first kappa shape index (κ1) is 15.3. The van der Waals surface area contributed by atoms with Gasteiger partial charge in [-0.2, -0.15) is 0 Å². The summed E-state index contributed by atoms with van der Waals surface area (Å²) in [6.07, 6.45) is 2.02. The van der Waals surface area contributed by atoms with Crippen molar-refractivity contribution in [3.05, 3.63) is 70.9 Å². The zero-order valence-corrected chi connectivity index (χ0v) is 14.1. The summed E-state index contributed by atoms with van der Waals surface area (Å²) in [5.41, 5.74) is 5.27. The van der Waals surface area contributed by atoms with Gasteiger partial charge in [-0.25, -0.2) is 0 Å². The highest BCUT2D eigenvalue weighted by Crippen LogP contribution is 2.29. The van der Waals surface area contributed by atoms with Gasteiger partial charge in [0.15, 0.2) is 0 Å². The Balaban J connectivity index is 0.00000156. The molecule has 0 spiro atoms. The molecule has 23 heavy (non-hydrogen) atoms. The van der Waals surface area contributed by atoms with Crippen LogP contribution in [0.4, 0.5) is 5.69 Å². The molecule has 0 saturated carbocycles. The quantitative estimate of drug-likeness (QED) is 0.382. The summed E-state index contributed by atoms with van der Waals surface area (Å²) in [7, 11) is 2.02. The zero-order chi connectivity index (χ0) is 15.3. The Hall–Kier alpha value is -2.60. The van der Waals surface area contributed by atoms with Crippen LogP contribution in [0.15, 0.2) is 60.8 Å². The molecule has 0 saturated heterocycles. The summed E-state index contributed by atoms with van der Waals surface area (Å²) in [5, 5.41) is 10.9. The van der Waals surface area contributed by atoms with E-state index < -0.39 is 0 Å². The highest BCUT2D eigenvalue weighted by molar-refractivity contribution is 8.93. The molecule has 4 rings (SSSR count). The number of imidazole rings is 1. The molecular weight excluding hydrogens is 358 g/mol. The number of hydrogen-bond acceptors (Lipinski definition) is 2. The average Bonchev–Trinajstić information content (AvgIpc) is 3.08. The predicted molar refractivity (Wildman–Crippen MR) is 96.3 cm³/mol. The van der Waals surface area contributed by atoms with Crippen molar-refractivity contribution in [2.75, 3.05) is 0 Å². The van der Waals surface area contributed by atoms with Gasteiger partial charge in [0.1, 0.15) is 5.65 Å². The molecule has 6 heteroatoms. The fourth-order valence-electron chi connectivity index (χ4n) is 2.93. The number of nitro groups is 1. The third-order valence-electron chi connectivity index (χ3n) is 4.04. The van der Waals surface area contributed by atoms with Gasteiger partial charge in [0, 0.05) is 30.9 Å². The van der Waals surface area contributed by atoms with Crippen LogP contribution in [0.1, 0.15) is 0 Å². The van der Waals surface area contributed by atoms with Crippen LogP contribution in [0.5, 0.6) is 0 Å². The second kappa shape index (κ2) is 5.55. The van der Waals surface area contributed by atoms with Gasteiger partial charge in [0.05, 0.1) is 16.0 Å². The Morgan fingerprint density at radius 3 is 2.43 bits per heavy atom. The lowest BCUT2D eigenvalue weighted by molar-refractivity contribution is -0.384. The van der Waals surface area contributed by atoms with E-state index in [1.165, 1.54) is 6.07 Å². The number of para-hydroxylation sites is 2. The number of hydrogen-bond donors (Lipinski definition) is 0. The molecular formula is C17H14BrN3O2. The molecule has 2 heterocycles. The summed E-state index contributed by atoms with van der Waals surface area (Å²) in [4.78, 5) is 10.6. The van der Waals surface area contributed by atoms with Crippen LogP contribution in [0, 0.1) is 10.1 Å². The Labute approximate surface area is 142 Å². The number of rotatable bonds is 2. The molecule has 0 radical (unpaired) electrons. The maximum absolute atomic E-state index is 10.9. The molecule has 5 nitrogen and oxygen atoms in total. The maximum atomic E-state index is 10.9. The van der Waals surface area contributed by atoms with E-state index in [1.807, 2.05) is 31.4 Å². The van der Waals surface area contributed by atoms with Crippen LogP contribution in [-0.4, -0.2) is 13.9 Å². The summed E-state index contributed by atoms with van der Waals surface area (Å²) in [6.45, 7) is 0. The lowest BCUT2D eigenvalue weighted by Crippen LogP contribution is -1.87. The van der Waals surface area contributed by atoms with E-state index in [1.54, 1.807) is 12.1 Å². The maximum Gasteiger partial charge on any atom is 0.270 e. The summed E-state index contributed by atoms with van der Waals surface area (Å²) in [6, 6.07) is 17.0. The molecule has 116 valence electrons. The van der Waals surface area contributed by atoms with Gasteiger partial charge in [-0.1, -0.05) is 24.3 Å². The molecule has 0 fully saturated rings. The topological polar surface area (TPSA) is 52.5 Å². The molecule has 0 aliphatic rings. The largest absolute Gasteiger partial charge is 0.329 e. The third-order valence-corrected chi connectivity index (χ3v) is 4.04. The Kier molecular flexibility index (Phi) is 3.69. The number of aryl methyl sites for hydroxylation is 1. The molecule has 0 aliphatic carbocycles. The fourth-order valence-corrected chi connectivity index (χ4v) is 2.93. The number of benzene rings is 2. The first-order valence-electron chi connectivity index (χ1n) is 6.95. The van der Waals surface area contributed by atoms with Crippen molar-refractivity contribution < 1.29 is 4.92 Å². The summed E-state index contributed by atoms with van der Waals surface area (Å²) >= 11 is 0. The first-order valence-corrected chi connectivity index (χ1v) is 6.95. The minimum Gasteiger partial charge on any atom is -0.329 e. The Morgan fingerprint density at radius 1 is 0.957 bits per heavy atom. The van der Waals surface area contributed by atoms with Crippen LogP contribution in [0.2, 0.25) is 0 Å². The lowest BCUT2D eigenvalue weighted by Gasteiger charge is -1.98. The van der Waals surface area contributed by atoms with Crippen molar-refractivity contribution in [2.45, 2.75) is 0 Å². The third kappa shape index (κ3) is 2.31. The molecule has 0 bridgehead atoms. The average molecular weight is 372 g/mol. The Morgan fingerprint density at radius 2 is 1.70 bits per heavy atom. The first-order chi connectivity index (χ1) is 10.6. The second-order valence-electron chi connectivity index (χ2n) is 5.31. The molecule has 2 aromatic carbocycles. The standard InChI is InChI=1S/C17H13N3O2.BrH/c1-18-15-7-2-3-8-16(15)19-11-13(10-17(18)19)12-5-4-6-14(9-12)20(21)22;/h2-11H,1H3;1H. The zero-order valence-electron chi connectivity index (χ0n) is 12.3. The molecule has 0 amide bonds. The summed E-state index contributed by atoms with van der Waals surface area (Å²) < 4.78 is 4.24. The minimum absolute atomic E-state index is 0. The number of halogens is 1. The van der Waals surface area contributed by atoms with Crippen LogP contribution in [0.3, 0.4) is 0 Å². The van der Waals surface area contributed by atoms with E-state index in [0.717, 1.165) is 27.8 Å². The van der Waals surface area contributed by atoms with Crippen molar-refractivity contribution in [3.63, 3.8) is 0 Å². The summed E-state index contributed by atoms with van der Waals surface area (Å²) in [5.74, 6) is 0. The molecule has 2 aromatic heterocycles. The number of fused-ring (bicyclic) bond motifs is 3. The monoisotopic (exact) mass is 371 g/mol. The van der Waals surface area contributed by atoms with E-state index in [2.05, 4.69) is 27.2 Å². The van der Waals surface area contributed by atoms with Gasteiger partial charge in [-0.3, -0.25) is 10.1 Å². The number of nitro benzene ring substituents is 1.